The van der Waals surface area contributed by atoms with Crippen molar-refractivity contribution in [3.8, 4) is 17.0 Å². The zero-order valence-corrected chi connectivity index (χ0v) is 15.6. The average molecular weight is 396 g/mol. The van der Waals surface area contributed by atoms with Crippen LogP contribution in [-0.2, 0) is 0 Å². The van der Waals surface area contributed by atoms with Gasteiger partial charge in [-0.1, -0.05) is 12.1 Å². The number of carbonyl (C=O) groups excluding carboxylic acids is 1. The summed E-state index contributed by atoms with van der Waals surface area (Å²) in [7, 11) is 0. The van der Waals surface area contributed by atoms with Gasteiger partial charge < -0.3 is 25.6 Å². The zero-order valence-electron chi connectivity index (χ0n) is 15.6. The smallest absolute Gasteiger partial charge is 0.267 e. The first-order chi connectivity index (χ1) is 14.0. The van der Waals surface area contributed by atoms with Gasteiger partial charge in [0, 0.05) is 17.4 Å². The Bertz CT molecular complexity index is 1030. The normalized spacial score (nSPS) is 15.0. The summed E-state index contributed by atoms with van der Waals surface area (Å²) in [5.41, 5.74) is 8.40. The monoisotopic (exact) mass is 396 g/mol. The first kappa shape index (κ1) is 18.8. The van der Waals surface area contributed by atoms with Crippen molar-refractivity contribution in [2.24, 2.45) is 0 Å². The van der Waals surface area contributed by atoms with Crippen molar-refractivity contribution in [1.82, 2.24) is 19.7 Å². The van der Waals surface area contributed by atoms with E-state index >= 15 is 0 Å². The van der Waals surface area contributed by atoms with Gasteiger partial charge in [-0.25, -0.2) is 9.97 Å². The molecule has 1 aliphatic heterocycles. The van der Waals surface area contributed by atoms with E-state index in [-0.39, 0.29) is 29.8 Å². The van der Waals surface area contributed by atoms with Crippen LogP contribution in [0.5, 0.6) is 5.88 Å². The fourth-order valence-corrected chi connectivity index (χ4v) is 3.09. The highest BCUT2D eigenvalue weighted by molar-refractivity contribution is 6.10. The molecule has 0 bridgehead atoms. The summed E-state index contributed by atoms with van der Waals surface area (Å²) < 4.78 is 7.03. The summed E-state index contributed by atoms with van der Waals surface area (Å²) in [6.45, 7) is 2.29. The summed E-state index contributed by atoms with van der Waals surface area (Å²) in [6, 6.07) is 6.80. The highest BCUT2D eigenvalue weighted by atomic mass is 16.5. The molecular formula is C19H20N6O4. The maximum Gasteiger partial charge on any atom is 0.267 e. The van der Waals surface area contributed by atoms with Crippen molar-refractivity contribution >= 4 is 17.4 Å². The van der Waals surface area contributed by atoms with Gasteiger partial charge in [0.05, 0.1) is 18.8 Å². The van der Waals surface area contributed by atoms with Gasteiger partial charge in [0.15, 0.2) is 6.29 Å². The zero-order chi connectivity index (χ0) is 20.5. The highest BCUT2D eigenvalue weighted by Crippen LogP contribution is 2.29. The molecule has 1 atom stereocenters. The molecule has 150 valence electrons. The van der Waals surface area contributed by atoms with E-state index in [1.807, 2.05) is 24.3 Å². The maximum atomic E-state index is 13.0. The SMILES string of the molecule is CC(C(O)O)n1cc(-c2ccc(N3CCOc4ncnc(N)c4C3=O)cc2)cn1. The van der Waals surface area contributed by atoms with Gasteiger partial charge in [-0.15, -0.1) is 0 Å². The Balaban J connectivity index is 1.60. The third kappa shape index (κ3) is 3.50. The fraction of sp³-hybridized carbons (Fsp3) is 0.263. The summed E-state index contributed by atoms with van der Waals surface area (Å²) in [4.78, 5) is 22.4. The predicted molar refractivity (Wildman–Crippen MR) is 104 cm³/mol. The molecule has 4 N–H and O–H groups in total. The second kappa shape index (κ2) is 7.49. The minimum atomic E-state index is -1.50. The number of aromatic nitrogens is 4. The number of amides is 1. The highest BCUT2D eigenvalue weighted by Gasteiger charge is 2.28. The van der Waals surface area contributed by atoms with Crippen LogP contribution in [0, 0.1) is 0 Å². The quantitative estimate of drug-likeness (QED) is 0.551. The molecule has 10 nitrogen and oxygen atoms in total. The largest absolute Gasteiger partial charge is 0.475 e. The molecule has 1 aromatic carbocycles. The number of aliphatic hydroxyl groups excluding tert-OH is 1. The second-order valence-electron chi connectivity index (χ2n) is 6.65. The van der Waals surface area contributed by atoms with Gasteiger partial charge in [0.25, 0.3) is 5.91 Å². The number of nitrogens with zero attached hydrogens (tertiary/aromatic N) is 5. The predicted octanol–water partition coefficient (Wildman–Crippen LogP) is 0.833. The van der Waals surface area contributed by atoms with Crippen molar-refractivity contribution in [3.05, 3.63) is 48.5 Å². The van der Waals surface area contributed by atoms with Crippen LogP contribution in [0.25, 0.3) is 11.1 Å². The lowest BCUT2D eigenvalue weighted by molar-refractivity contribution is -0.0757. The molecule has 10 heteroatoms. The lowest BCUT2D eigenvalue weighted by atomic mass is 10.1. The van der Waals surface area contributed by atoms with Crippen LogP contribution in [-0.4, -0.2) is 55.3 Å². The van der Waals surface area contributed by atoms with E-state index in [1.165, 1.54) is 11.0 Å². The second-order valence-corrected chi connectivity index (χ2v) is 6.65. The van der Waals surface area contributed by atoms with E-state index in [0.29, 0.717) is 12.2 Å². The van der Waals surface area contributed by atoms with Crippen molar-refractivity contribution in [3.63, 3.8) is 0 Å². The minimum absolute atomic E-state index is 0.0797. The van der Waals surface area contributed by atoms with Crippen molar-refractivity contribution < 1.29 is 19.7 Å². The Morgan fingerprint density at radius 1 is 1.17 bits per heavy atom. The molecule has 0 radical (unpaired) electrons. The van der Waals surface area contributed by atoms with Gasteiger partial charge in [-0.2, -0.15) is 5.10 Å². The van der Waals surface area contributed by atoms with Gasteiger partial charge >= 0.3 is 0 Å². The lowest BCUT2D eigenvalue weighted by Crippen LogP contribution is -2.32. The number of benzene rings is 1. The Labute approximate surface area is 166 Å². The lowest BCUT2D eigenvalue weighted by Gasteiger charge is -2.20. The topological polar surface area (TPSA) is 140 Å². The maximum absolute atomic E-state index is 13.0. The van der Waals surface area contributed by atoms with Crippen molar-refractivity contribution in [2.45, 2.75) is 19.3 Å². The third-order valence-corrected chi connectivity index (χ3v) is 4.82. The Morgan fingerprint density at radius 2 is 1.93 bits per heavy atom. The average Bonchev–Trinajstić information content (AvgIpc) is 3.14. The van der Waals surface area contributed by atoms with Gasteiger partial charge in [0.1, 0.15) is 24.3 Å². The molecule has 0 fully saturated rings. The molecule has 0 saturated carbocycles. The molecule has 1 amide bonds. The molecule has 0 saturated heterocycles. The van der Waals surface area contributed by atoms with Crippen LogP contribution >= 0.6 is 0 Å². The molecular weight excluding hydrogens is 376 g/mol. The molecule has 3 aromatic rings. The number of rotatable bonds is 4. The van der Waals surface area contributed by atoms with Gasteiger partial charge in [0.2, 0.25) is 5.88 Å². The fourth-order valence-electron chi connectivity index (χ4n) is 3.09. The van der Waals surface area contributed by atoms with Crippen LogP contribution < -0.4 is 15.4 Å². The minimum Gasteiger partial charge on any atom is -0.475 e. The van der Waals surface area contributed by atoms with Gasteiger partial charge in [-0.3, -0.25) is 9.48 Å². The first-order valence-corrected chi connectivity index (χ1v) is 9.01. The molecule has 1 aliphatic rings. The van der Waals surface area contributed by atoms with Crippen LogP contribution in [0.2, 0.25) is 0 Å². The number of hydrogen-bond acceptors (Lipinski definition) is 8. The Kier molecular flexibility index (Phi) is 4.87. The summed E-state index contributed by atoms with van der Waals surface area (Å²) >= 11 is 0. The van der Waals surface area contributed by atoms with Crippen LogP contribution in [0.15, 0.2) is 43.0 Å². The number of fused-ring (bicyclic) bond motifs is 1. The molecule has 3 heterocycles. The Morgan fingerprint density at radius 3 is 2.66 bits per heavy atom. The Hall–Kier alpha value is -3.50. The summed E-state index contributed by atoms with van der Waals surface area (Å²) in [5, 5.41) is 22.8. The molecule has 29 heavy (non-hydrogen) atoms. The number of nitrogen functional groups attached to an aromatic ring is 1. The van der Waals surface area contributed by atoms with Crippen molar-refractivity contribution in [1.29, 1.82) is 0 Å². The van der Waals surface area contributed by atoms with E-state index < -0.39 is 12.3 Å². The molecule has 0 spiro atoms. The standard InChI is InChI=1S/C19H20N6O4/c1-11(19(27)28)25-9-13(8-23-25)12-2-4-14(5-3-12)24-6-7-29-17-15(18(24)26)16(20)21-10-22-17/h2-5,8-11,19,27-28H,6-7H2,1H3,(H2,20,21,22). The van der Waals surface area contributed by atoms with E-state index in [4.69, 9.17) is 10.5 Å². The van der Waals surface area contributed by atoms with Crippen molar-refractivity contribution in [2.75, 3.05) is 23.8 Å². The third-order valence-electron chi connectivity index (χ3n) is 4.82. The number of ether oxygens (including phenoxy) is 1. The van der Waals surface area contributed by atoms with Crippen LogP contribution in [0.3, 0.4) is 0 Å². The summed E-state index contributed by atoms with van der Waals surface area (Å²) in [6.07, 6.45) is 3.15. The first-order valence-electron chi connectivity index (χ1n) is 9.01. The van der Waals surface area contributed by atoms with Gasteiger partial charge in [-0.05, 0) is 24.6 Å². The number of hydrogen-bond donors (Lipinski definition) is 3. The summed E-state index contributed by atoms with van der Waals surface area (Å²) in [5.74, 6) is -0.0488. The molecule has 2 aromatic heterocycles. The number of carbonyl (C=O) groups is 1. The van der Waals surface area contributed by atoms with Crippen LogP contribution in [0.1, 0.15) is 23.3 Å². The number of anilines is 2. The molecule has 4 rings (SSSR count). The molecule has 1 unspecified atom stereocenters. The number of aliphatic hydroxyl groups is 2. The van der Waals surface area contributed by atoms with E-state index in [0.717, 1.165) is 11.1 Å². The van der Waals surface area contributed by atoms with E-state index in [2.05, 4.69) is 15.1 Å². The van der Waals surface area contributed by atoms with E-state index in [1.54, 1.807) is 24.2 Å². The number of nitrogens with two attached hydrogens (primary N) is 1. The molecule has 0 aliphatic carbocycles. The van der Waals surface area contributed by atoms with Crippen LogP contribution in [0.4, 0.5) is 11.5 Å². The van der Waals surface area contributed by atoms with E-state index in [9.17, 15) is 15.0 Å².